The average molecular weight is 451 g/mol. The summed E-state index contributed by atoms with van der Waals surface area (Å²) in [5, 5.41) is 0. The summed E-state index contributed by atoms with van der Waals surface area (Å²) in [6, 6.07) is 12.0. The Bertz CT molecular complexity index is 1190. The third kappa shape index (κ3) is 5.12. The zero-order valence-corrected chi connectivity index (χ0v) is 16.6. The molecule has 0 saturated heterocycles. The number of rotatable bonds is 6. The number of ether oxygens (including phenoxy) is 1. The summed E-state index contributed by atoms with van der Waals surface area (Å²) < 4.78 is 68.8. The van der Waals surface area contributed by atoms with Crippen LogP contribution in [-0.4, -0.2) is 25.8 Å². The number of hydrogen-bond donors (Lipinski definition) is 1. The minimum Gasteiger partial charge on any atom is -0.404 e. The maximum Gasteiger partial charge on any atom is 0.573 e. The van der Waals surface area contributed by atoms with E-state index >= 15 is 0 Å². The van der Waals surface area contributed by atoms with E-state index in [1.54, 1.807) is 12.1 Å². The smallest absolute Gasteiger partial charge is 0.404 e. The third-order valence-electron chi connectivity index (χ3n) is 4.17. The van der Waals surface area contributed by atoms with Crippen LogP contribution in [0.3, 0.4) is 0 Å². The SMILES string of the molecule is NC(=O)N(Cc1ccncc1)c1ccccc1S(=O)(=O)c1ccccc1OC(F)(F)F. The highest BCUT2D eigenvalue weighted by Crippen LogP contribution is 2.37. The van der Waals surface area contributed by atoms with Gasteiger partial charge in [0, 0.05) is 12.4 Å². The normalized spacial score (nSPS) is 11.7. The second-order valence-corrected chi connectivity index (χ2v) is 8.13. The van der Waals surface area contributed by atoms with Gasteiger partial charge in [0.15, 0.2) is 0 Å². The molecule has 0 aliphatic heterocycles. The number of alkyl halides is 3. The molecule has 0 saturated carbocycles. The molecule has 1 heterocycles. The lowest BCUT2D eigenvalue weighted by Crippen LogP contribution is -2.36. The lowest BCUT2D eigenvalue weighted by molar-refractivity contribution is -0.275. The molecule has 2 amide bonds. The number of primary amides is 1. The van der Waals surface area contributed by atoms with Crippen LogP contribution in [0.2, 0.25) is 0 Å². The van der Waals surface area contributed by atoms with Gasteiger partial charge in [0.1, 0.15) is 10.6 Å². The van der Waals surface area contributed by atoms with E-state index in [-0.39, 0.29) is 12.2 Å². The van der Waals surface area contributed by atoms with Gasteiger partial charge in [-0.1, -0.05) is 24.3 Å². The zero-order valence-electron chi connectivity index (χ0n) is 15.8. The van der Waals surface area contributed by atoms with E-state index in [2.05, 4.69) is 9.72 Å². The molecule has 2 aromatic carbocycles. The molecule has 0 radical (unpaired) electrons. The maximum atomic E-state index is 13.3. The second kappa shape index (κ2) is 8.64. The number of carbonyl (C=O) groups is 1. The van der Waals surface area contributed by atoms with Crippen LogP contribution in [0.4, 0.5) is 23.7 Å². The standard InChI is InChI=1S/C20H16F3N3O4S/c21-20(22,23)30-16-6-2-4-8-18(16)31(28,29)17-7-3-1-5-15(17)26(19(24)27)13-14-9-11-25-12-10-14/h1-12H,13H2,(H2,24,27). The number of benzene rings is 2. The number of amides is 2. The number of sulfone groups is 1. The van der Waals surface area contributed by atoms with Gasteiger partial charge in [-0.2, -0.15) is 0 Å². The summed E-state index contributed by atoms with van der Waals surface area (Å²) in [5.74, 6) is -0.885. The number of para-hydroxylation sites is 2. The Labute approximate surface area is 175 Å². The summed E-state index contributed by atoms with van der Waals surface area (Å²) in [4.78, 5) is 15.9. The van der Waals surface area contributed by atoms with Crippen LogP contribution in [-0.2, 0) is 16.4 Å². The predicted octanol–water partition coefficient (Wildman–Crippen LogP) is 3.90. The lowest BCUT2D eigenvalue weighted by atomic mass is 10.2. The quantitative estimate of drug-likeness (QED) is 0.612. The topological polar surface area (TPSA) is 103 Å². The summed E-state index contributed by atoms with van der Waals surface area (Å²) in [5.41, 5.74) is 6.01. The van der Waals surface area contributed by atoms with Crippen LogP contribution >= 0.6 is 0 Å². The fraction of sp³-hybridized carbons (Fsp3) is 0.100. The van der Waals surface area contributed by atoms with Crippen LogP contribution in [0.15, 0.2) is 82.8 Å². The number of nitrogens with zero attached hydrogens (tertiary/aromatic N) is 2. The van der Waals surface area contributed by atoms with Crippen LogP contribution in [0, 0.1) is 0 Å². The van der Waals surface area contributed by atoms with Crippen LogP contribution in [0.1, 0.15) is 5.56 Å². The van der Waals surface area contributed by atoms with Crippen molar-refractivity contribution >= 4 is 21.6 Å². The number of carbonyl (C=O) groups excluding carboxylic acids is 1. The number of urea groups is 1. The molecule has 2 N–H and O–H groups in total. The number of nitrogens with two attached hydrogens (primary N) is 1. The minimum absolute atomic E-state index is 0.0783. The Morgan fingerprint density at radius 3 is 2.16 bits per heavy atom. The molecule has 0 aliphatic rings. The summed E-state index contributed by atoms with van der Waals surface area (Å²) >= 11 is 0. The Balaban J connectivity index is 2.12. The fourth-order valence-corrected chi connectivity index (χ4v) is 4.44. The number of hydrogen-bond acceptors (Lipinski definition) is 5. The van der Waals surface area contributed by atoms with Crippen molar-refractivity contribution in [3.8, 4) is 5.75 Å². The molecule has 3 rings (SSSR count). The lowest BCUT2D eigenvalue weighted by Gasteiger charge is -2.23. The van der Waals surface area contributed by atoms with E-state index in [1.807, 2.05) is 0 Å². The van der Waals surface area contributed by atoms with Crippen LogP contribution in [0.5, 0.6) is 5.75 Å². The first kappa shape index (κ1) is 22.1. The summed E-state index contributed by atoms with van der Waals surface area (Å²) in [6.45, 7) is -0.0783. The Morgan fingerprint density at radius 1 is 0.968 bits per heavy atom. The molecule has 7 nitrogen and oxygen atoms in total. The highest BCUT2D eigenvalue weighted by atomic mass is 32.2. The Morgan fingerprint density at radius 2 is 1.55 bits per heavy atom. The molecule has 0 unspecified atom stereocenters. The van der Waals surface area contributed by atoms with Crippen molar-refractivity contribution in [1.29, 1.82) is 0 Å². The molecule has 11 heteroatoms. The molecule has 162 valence electrons. The Kier molecular flexibility index (Phi) is 6.16. The first-order chi connectivity index (χ1) is 14.6. The van der Waals surface area contributed by atoms with E-state index in [0.29, 0.717) is 5.56 Å². The molecule has 3 aromatic rings. The number of halogens is 3. The first-order valence-corrected chi connectivity index (χ1v) is 10.2. The Hall–Kier alpha value is -3.60. The monoisotopic (exact) mass is 451 g/mol. The van der Waals surface area contributed by atoms with Gasteiger partial charge >= 0.3 is 12.4 Å². The van der Waals surface area contributed by atoms with Crippen LogP contribution in [0.25, 0.3) is 0 Å². The van der Waals surface area contributed by atoms with Crippen molar-refractivity contribution in [2.45, 2.75) is 22.7 Å². The van der Waals surface area contributed by atoms with E-state index < -0.39 is 37.8 Å². The van der Waals surface area contributed by atoms with E-state index in [1.165, 1.54) is 48.8 Å². The van der Waals surface area contributed by atoms with Gasteiger partial charge in [-0.25, -0.2) is 13.2 Å². The largest absolute Gasteiger partial charge is 0.573 e. The summed E-state index contributed by atoms with van der Waals surface area (Å²) in [7, 11) is -4.53. The minimum atomic E-state index is -5.09. The van der Waals surface area contributed by atoms with Gasteiger partial charge in [-0.15, -0.1) is 13.2 Å². The molecule has 0 bridgehead atoms. The van der Waals surface area contributed by atoms with Gasteiger partial charge in [0.2, 0.25) is 9.84 Å². The van der Waals surface area contributed by atoms with Gasteiger partial charge in [0.05, 0.1) is 17.1 Å². The maximum absolute atomic E-state index is 13.3. The molecule has 0 fully saturated rings. The molecule has 31 heavy (non-hydrogen) atoms. The molecular weight excluding hydrogens is 435 g/mol. The van der Waals surface area contributed by atoms with Crippen molar-refractivity contribution in [1.82, 2.24) is 4.98 Å². The molecule has 0 atom stereocenters. The third-order valence-corrected chi connectivity index (χ3v) is 6.01. The molecular formula is C20H16F3N3O4S. The molecule has 0 aliphatic carbocycles. The van der Waals surface area contributed by atoms with Gasteiger partial charge in [-0.3, -0.25) is 9.88 Å². The highest BCUT2D eigenvalue weighted by Gasteiger charge is 2.35. The van der Waals surface area contributed by atoms with Gasteiger partial charge in [-0.05, 0) is 42.0 Å². The van der Waals surface area contributed by atoms with Gasteiger partial charge in [0.25, 0.3) is 0 Å². The van der Waals surface area contributed by atoms with Crippen molar-refractivity contribution in [3.05, 3.63) is 78.6 Å². The highest BCUT2D eigenvalue weighted by molar-refractivity contribution is 7.91. The average Bonchev–Trinajstić information content (AvgIpc) is 2.72. The predicted molar refractivity (Wildman–Crippen MR) is 105 cm³/mol. The number of pyridine rings is 1. The van der Waals surface area contributed by atoms with E-state index in [0.717, 1.165) is 17.0 Å². The van der Waals surface area contributed by atoms with Crippen molar-refractivity contribution in [2.75, 3.05) is 4.90 Å². The number of anilines is 1. The fourth-order valence-electron chi connectivity index (χ4n) is 2.86. The van der Waals surface area contributed by atoms with Gasteiger partial charge < -0.3 is 10.5 Å². The first-order valence-electron chi connectivity index (χ1n) is 8.74. The number of aromatic nitrogens is 1. The van der Waals surface area contributed by atoms with Crippen molar-refractivity contribution in [3.63, 3.8) is 0 Å². The van der Waals surface area contributed by atoms with E-state index in [9.17, 15) is 26.4 Å². The summed E-state index contributed by atoms with van der Waals surface area (Å²) in [6.07, 6.45) is -2.12. The van der Waals surface area contributed by atoms with Crippen molar-refractivity contribution in [2.24, 2.45) is 5.73 Å². The molecule has 1 aromatic heterocycles. The van der Waals surface area contributed by atoms with Crippen LogP contribution < -0.4 is 15.4 Å². The zero-order chi connectivity index (χ0) is 22.6. The van der Waals surface area contributed by atoms with E-state index in [4.69, 9.17) is 5.73 Å². The molecule has 0 spiro atoms. The second-order valence-electron chi connectivity index (χ2n) is 6.25. The van der Waals surface area contributed by atoms with Crippen molar-refractivity contribution < 1.29 is 31.1 Å².